The molecule has 4 aromatic heterocycles. The Balaban J connectivity index is 0.00000216. The third kappa shape index (κ3) is 8.04. The van der Waals surface area contributed by atoms with Gasteiger partial charge in [0.2, 0.25) is 0 Å². The van der Waals surface area contributed by atoms with E-state index in [-0.39, 0.29) is 0 Å². The van der Waals surface area contributed by atoms with Gasteiger partial charge < -0.3 is 15.6 Å². The molecule has 0 radical (unpaired) electrons. The molecule has 0 spiro atoms. The number of hydrogen-bond acceptors (Lipinski definition) is 5. The first-order valence-electron chi connectivity index (χ1n) is 15.4. The lowest BCUT2D eigenvalue weighted by molar-refractivity contribution is 0.373. The van der Waals surface area contributed by atoms with Crippen molar-refractivity contribution >= 4 is 40.8 Å². The number of H-pyrrole nitrogens is 2. The van der Waals surface area contributed by atoms with Crippen LogP contribution in [0.25, 0.3) is 35.2 Å². The van der Waals surface area contributed by atoms with Crippen LogP contribution in [0.15, 0.2) is 73.7 Å². The zero-order chi connectivity index (χ0) is 31.6. The van der Waals surface area contributed by atoms with Crippen LogP contribution < -0.4 is 21.2 Å². The maximum absolute atomic E-state index is 4.62. The Morgan fingerprint density at radius 3 is 2.59 bits per heavy atom. The summed E-state index contributed by atoms with van der Waals surface area (Å²) in [6.45, 7) is 25.0. The third-order valence-electron chi connectivity index (χ3n) is 7.76. The Morgan fingerprint density at radius 2 is 1.89 bits per heavy atom. The van der Waals surface area contributed by atoms with E-state index in [9.17, 15) is 0 Å². The first-order chi connectivity index (χ1) is 21.3. The van der Waals surface area contributed by atoms with E-state index >= 15 is 0 Å². The number of hydrogen-bond donors (Lipinski definition) is 4. The van der Waals surface area contributed by atoms with E-state index in [0.717, 1.165) is 80.8 Å². The Kier molecular flexibility index (Phi) is 11.5. The van der Waals surface area contributed by atoms with E-state index in [0.29, 0.717) is 5.92 Å². The van der Waals surface area contributed by atoms with Gasteiger partial charge in [-0.3, -0.25) is 10.1 Å². The molecular weight excluding hydrogens is 561 g/mol. The average molecular weight is 607 g/mol. The van der Waals surface area contributed by atoms with E-state index < -0.39 is 0 Å². The molecule has 1 saturated heterocycles. The Labute approximate surface area is 266 Å². The van der Waals surface area contributed by atoms with Crippen LogP contribution in [-0.4, -0.2) is 33.3 Å². The summed E-state index contributed by atoms with van der Waals surface area (Å²) in [5.41, 5.74) is 9.24. The number of anilines is 1. The molecule has 44 heavy (non-hydrogen) atoms. The maximum atomic E-state index is 4.62. The Bertz CT molecular complexity index is 1760. The molecule has 0 bridgehead atoms. The number of piperidine rings is 1. The summed E-state index contributed by atoms with van der Waals surface area (Å²) in [7, 11) is 0. The smallest absolute Gasteiger partial charge is 0.116 e. The summed E-state index contributed by atoms with van der Waals surface area (Å²) >= 11 is 1.78. The molecule has 5 rings (SSSR count). The van der Waals surface area contributed by atoms with Crippen molar-refractivity contribution in [2.75, 3.05) is 18.4 Å². The fraction of sp³-hybridized carbons (Fsp3) is 0.297. The summed E-state index contributed by atoms with van der Waals surface area (Å²) in [4.78, 5) is 10.5. The van der Waals surface area contributed by atoms with Crippen molar-refractivity contribution < 1.29 is 0 Å². The molecule has 1 fully saturated rings. The highest BCUT2D eigenvalue weighted by Crippen LogP contribution is 2.33. The number of nitrogens with one attached hydrogen (secondary N) is 4. The fourth-order valence-corrected chi connectivity index (χ4v) is 6.33. The van der Waals surface area contributed by atoms with Gasteiger partial charge in [-0.05, 0) is 101 Å². The number of thiophene rings is 1. The van der Waals surface area contributed by atoms with Crippen molar-refractivity contribution in [2.24, 2.45) is 5.92 Å². The van der Waals surface area contributed by atoms with Crippen LogP contribution in [0.4, 0.5) is 5.69 Å². The quantitative estimate of drug-likeness (QED) is 0.139. The Hall–Kier alpha value is -4.20. The molecule has 0 saturated carbocycles. The average Bonchev–Trinajstić information content (AvgIpc) is 3.74. The Morgan fingerprint density at radius 1 is 1.11 bits per heavy atom. The van der Waals surface area contributed by atoms with E-state index in [1.807, 2.05) is 38.4 Å². The van der Waals surface area contributed by atoms with E-state index in [1.165, 1.54) is 22.6 Å². The maximum Gasteiger partial charge on any atom is 0.116 e. The van der Waals surface area contributed by atoms with E-state index in [1.54, 1.807) is 11.3 Å². The molecule has 5 heterocycles. The summed E-state index contributed by atoms with van der Waals surface area (Å²) in [5, 5.41) is 16.4. The number of rotatable bonds is 10. The highest BCUT2D eigenvalue weighted by atomic mass is 32.1. The lowest BCUT2D eigenvalue weighted by Crippen LogP contribution is -2.28. The highest BCUT2D eigenvalue weighted by Gasteiger charge is 2.16. The second kappa shape index (κ2) is 15.5. The predicted molar refractivity (Wildman–Crippen MR) is 191 cm³/mol. The number of pyridine rings is 1. The monoisotopic (exact) mass is 606 g/mol. The van der Waals surface area contributed by atoms with Gasteiger partial charge in [-0.1, -0.05) is 51.8 Å². The van der Waals surface area contributed by atoms with Crippen molar-refractivity contribution in [3.05, 3.63) is 111 Å². The van der Waals surface area contributed by atoms with Gasteiger partial charge in [0.15, 0.2) is 0 Å². The zero-order valence-corrected chi connectivity index (χ0v) is 27.6. The molecule has 4 N–H and O–H groups in total. The minimum absolute atomic E-state index is 0.687. The summed E-state index contributed by atoms with van der Waals surface area (Å²) in [6, 6.07) is 8.58. The van der Waals surface area contributed by atoms with Gasteiger partial charge in [0.05, 0.1) is 22.9 Å². The van der Waals surface area contributed by atoms with E-state index in [2.05, 4.69) is 108 Å². The number of allylic oxidation sites excluding steroid dienone is 5. The number of nitrogens with zero attached hydrogens (tertiary/aromatic N) is 2. The van der Waals surface area contributed by atoms with Crippen LogP contribution >= 0.6 is 11.3 Å². The first kappa shape index (κ1) is 32.7. The minimum atomic E-state index is 0.687. The molecule has 7 heteroatoms. The predicted octanol–water partition coefficient (Wildman–Crippen LogP) is 7.73. The normalized spacial score (nSPS) is 14.7. The molecule has 1 aliphatic heterocycles. The van der Waals surface area contributed by atoms with Gasteiger partial charge in [0.25, 0.3) is 0 Å². The van der Waals surface area contributed by atoms with Gasteiger partial charge >= 0.3 is 0 Å². The molecule has 4 aromatic rings. The van der Waals surface area contributed by atoms with Crippen LogP contribution in [-0.2, 0) is 0 Å². The topological polar surface area (TPSA) is 81.4 Å². The molecule has 0 atom stereocenters. The van der Waals surface area contributed by atoms with Crippen LogP contribution in [0.2, 0.25) is 0 Å². The largest absolute Gasteiger partial charge is 0.358 e. The van der Waals surface area contributed by atoms with Crippen molar-refractivity contribution in [1.82, 2.24) is 25.5 Å². The fourth-order valence-electron chi connectivity index (χ4n) is 5.42. The van der Waals surface area contributed by atoms with Crippen molar-refractivity contribution in [1.29, 1.82) is 0 Å². The molecule has 230 valence electrons. The van der Waals surface area contributed by atoms with Gasteiger partial charge in [-0.2, -0.15) is 5.10 Å². The summed E-state index contributed by atoms with van der Waals surface area (Å²) in [5.74, 6) is 0.687. The van der Waals surface area contributed by atoms with Crippen LogP contribution in [0.1, 0.15) is 66.6 Å². The number of aryl methyl sites for hydroxylation is 2. The van der Waals surface area contributed by atoms with Crippen LogP contribution in [0, 0.1) is 19.8 Å². The number of aromatic nitrogens is 4. The minimum Gasteiger partial charge on any atom is -0.358 e. The van der Waals surface area contributed by atoms with Gasteiger partial charge in [-0.25, -0.2) is 0 Å². The number of aromatic amines is 2. The second-order valence-corrected chi connectivity index (χ2v) is 12.3. The molecule has 0 aromatic carbocycles. The van der Waals surface area contributed by atoms with Gasteiger partial charge in [0.1, 0.15) is 5.69 Å². The van der Waals surface area contributed by atoms with Crippen molar-refractivity contribution in [3.8, 4) is 11.4 Å². The van der Waals surface area contributed by atoms with Crippen molar-refractivity contribution in [2.45, 2.75) is 53.9 Å². The first-order valence-corrected chi connectivity index (χ1v) is 16.3. The summed E-state index contributed by atoms with van der Waals surface area (Å²) < 4.78 is 0. The van der Waals surface area contributed by atoms with Gasteiger partial charge in [-0.15, -0.1) is 11.3 Å². The van der Waals surface area contributed by atoms with Crippen LogP contribution in [0.5, 0.6) is 0 Å². The molecule has 1 aliphatic rings. The molecule has 0 unspecified atom stereocenters. The van der Waals surface area contributed by atoms with Crippen molar-refractivity contribution in [3.63, 3.8) is 0 Å². The van der Waals surface area contributed by atoms with E-state index in [4.69, 9.17) is 0 Å². The molecular formula is C37H46N6S. The van der Waals surface area contributed by atoms with Crippen LogP contribution in [0.3, 0.4) is 0 Å². The molecule has 0 amide bonds. The lowest BCUT2D eigenvalue weighted by atomic mass is 9.93. The molecule has 0 aliphatic carbocycles. The lowest BCUT2D eigenvalue weighted by Gasteiger charge is -2.23. The SMILES string of the molecule is C=C/C=C(/c1ccc(C)s1)c1cc(-c2n[nH]/c(=C/C=C(\C)c3cncc(NC(=C)CC4CCNCC4)c3)c2=C)[nH]c1C.CC. The standard InChI is InChI=1S/C35H40N6S.C2H6/c1-7-8-30(34-12-10-24(4)42-34)31-19-33(39-26(31)6)35-25(5)32(40-41-35)11-9-22(2)28-18-29(21-37-20-28)38-23(3)17-27-13-15-36-16-14-27;1-2/h7-12,18-21,27,36,38-40H,1,3,5,13-17H2,2,4,6H3;1-2H3/b22-9+,30-8+,32-11+;. The third-order valence-corrected chi connectivity index (χ3v) is 8.79. The zero-order valence-electron chi connectivity index (χ0n) is 26.8. The summed E-state index contributed by atoms with van der Waals surface area (Å²) in [6.07, 6.45) is 15.1. The second-order valence-electron chi connectivity index (χ2n) is 11.0. The van der Waals surface area contributed by atoms with Gasteiger partial charge in [0, 0.05) is 43.7 Å². The molecule has 6 nitrogen and oxygen atoms in total. The highest BCUT2D eigenvalue weighted by molar-refractivity contribution is 7.13.